The van der Waals surface area contributed by atoms with E-state index in [1.165, 1.54) is 18.3 Å². The molecular formula is C26H26F3N5O2. The van der Waals surface area contributed by atoms with Gasteiger partial charge in [-0.2, -0.15) is 23.5 Å². The van der Waals surface area contributed by atoms with Gasteiger partial charge in [0.05, 0.1) is 48.2 Å². The summed E-state index contributed by atoms with van der Waals surface area (Å²) in [5, 5.41) is 13.3. The van der Waals surface area contributed by atoms with Crippen LogP contribution in [0.2, 0.25) is 0 Å². The number of piperazine rings is 1. The van der Waals surface area contributed by atoms with E-state index in [0.717, 1.165) is 11.6 Å². The molecule has 0 radical (unpaired) electrons. The van der Waals surface area contributed by atoms with Gasteiger partial charge in [-0.1, -0.05) is 30.3 Å². The van der Waals surface area contributed by atoms with Gasteiger partial charge >= 0.3 is 6.18 Å². The molecule has 0 bridgehead atoms. The maximum Gasteiger partial charge on any atom is 0.417 e. The van der Waals surface area contributed by atoms with Gasteiger partial charge in [-0.15, -0.1) is 0 Å². The van der Waals surface area contributed by atoms with Gasteiger partial charge in [0, 0.05) is 38.1 Å². The first-order chi connectivity index (χ1) is 17.3. The number of benzene rings is 2. The van der Waals surface area contributed by atoms with Crippen molar-refractivity contribution < 1.29 is 22.7 Å². The van der Waals surface area contributed by atoms with Crippen molar-refractivity contribution in [3.05, 3.63) is 83.2 Å². The van der Waals surface area contributed by atoms with Crippen molar-refractivity contribution in [2.24, 2.45) is 0 Å². The minimum atomic E-state index is -4.64. The summed E-state index contributed by atoms with van der Waals surface area (Å²) in [4.78, 5) is 16.8. The van der Waals surface area contributed by atoms with E-state index in [2.05, 4.69) is 5.10 Å². The van der Waals surface area contributed by atoms with Crippen LogP contribution >= 0.6 is 0 Å². The van der Waals surface area contributed by atoms with Crippen LogP contribution in [0.5, 0.6) is 0 Å². The van der Waals surface area contributed by atoms with Crippen LogP contribution in [0.4, 0.5) is 18.9 Å². The average Bonchev–Trinajstić information content (AvgIpc) is 3.37. The van der Waals surface area contributed by atoms with Crippen molar-refractivity contribution in [2.75, 3.05) is 31.1 Å². The maximum absolute atomic E-state index is 13.5. The Labute approximate surface area is 207 Å². The monoisotopic (exact) mass is 497 g/mol. The summed E-state index contributed by atoms with van der Waals surface area (Å²) < 4.78 is 48.2. The molecule has 1 saturated heterocycles. The molecule has 1 aliphatic heterocycles. The number of aromatic nitrogens is 2. The highest BCUT2D eigenvalue weighted by Gasteiger charge is 2.36. The quantitative estimate of drug-likeness (QED) is 0.486. The van der Waals surface area contributed by atoms with Crippen molar-refractivity contribution in [2.45, 2.75) is 32.3 Å². The van der Waals surface area contributed by atoms with Gasteiger partial charge in [-0.05, 0) is 30.7 Å². The van der Waals surface area contributed by atoms with E-state index >= 15 is 0 Å². The van der Waals surface area contributed by atoms with Crippen LogP contribution in [-0.4, -0.2) is 52.9 Å². The third-order valence-electron chi connectivity index (χ3n) is 6.16. The Morgan fingerprint density at radius 1 is 1.19 bits per heavy atom. The van der Waals surface area contributed by atoms with Crippen LogP contribution in [0.25, 0.3) is 0 Å². The zero-order valence-corrected chi connectivity index (χ0v) is 19.8. The van der Waals surface area contributed by atoms with Crippen LogP contribution in [0.15, 0.2) is 60.9 Å². The predicted octanol–water partition coefficient (Wildman–Crippen LogP) is 4.34. The first-order valence-electron chi connectivity index (χ1n) is 11.6. The summed E-state index contributed by atoms with van der Waals surface area (Å²) >= 11 is 0. The zero-order chi connectivity index (χ0) is 25.7. The molecule has 0 aliphatic carbocycles. The van der Waals surface area contributed by atoms with E-state index in [1.807, 2.05) is 37.3 Å². The fraction of sp³-hybridized carbons (Fsp3) is 0.346. The molecule has 2 aromatic carbocycles. The molecule has 0 saturated carbocycles. The average molecular weight is 498 g/mol. The zero-order valence-electron chi connectivity index (χ0n) is 19.8. The number of rotatable bonds is 7. The second kappa shape index (κ2) is 10.8. The molecule has 2 heterocycles. The van der Waals surface area contributed by atoms with Gasteiger partial charge in [0.2, 0.25) is 0 Å². The van der Waals surface area contributed by atoms with Gasteiger partial charge in [0.15, 0.2) is 0 Å². The fourth-order valence-electron chi connectivity index (χ4n) is 4.26. The lowest BCUT2D eigenvalue weighted by Gasteiger charge is -2.42. The second-order valence-corrected chi connectivity index (χ2v) is 8.52. The first kappa shape index (κ1) is 25.3. The summed E-state index contributed by atoms with van der Waals surface area (Å²) in [5.41, 5.74) is 0.395. The smallest absolute Gasteiger partial charge is 0.375 e. The molecule has 0 N–H and O–H groups in total. The van der Waals surface area contributed by atoms with Crippen LogP contribution < -0.4 is 4.90 Å². The normalized spacial score (nSPS) is 16.1. The predicted molar refractivity (Wildman–Crippen MR) is 127 cm³/mol. The number of hydrogen-bond donors (Lipinski definition) is 0. The lowest BCUT2D eigenvalue weighted by atomic mass is 10.0. The number of nitrogens with zero attached hydrogens (tertiary/aromatic N) is 5. The summed E-state index contributed by atoms with van der Waals surface area (Å²) in [7, 11) is 0. The molecule has 3 aromatic rings. The number of alkyl halides is 3. The number of ether oxygens (including phenoxy) is 1. The Kier molecular flexibility index (Phi) is 7.60. The lowest BCUT2D eigenvalue weighted by Crippen LogP contribution is -2.57. The minimum Gasteiger partial charge on any atom is -0.375 e. The number of nitriles is 1. The lowest BCUT2D eigenvalue weighted by molar-refractivity contribution is -0.137. The summed E-state index contributed by atoms with van der Waals surface area (Å²) in [6, 6.07) is 14.5. The van der Waals surface area contributed by atoms with E-state index in [1.54, 1.807) is 26.7 Å². The number of halogens is 3. The second-order valence-electron chi connectivity index (χ2n) is 8.52. The Morgan fingerprint density at radius 2 is 1.97 bits per heavy atom. The van der Waals surface area contributed by atoms with E-state index in [-0.39, 0.29) is 19.1 Å². The van der Waals surface area contributed by atoms with Gasteiger partial charge < -0.3 is 14.5 Å². The molecule has 1 aromatic heterocycles. The highest BCUT2D eigenvalue weighted by molar-refractivity contribution is 5.94. The van der Waals surface area contributed by atoms with Gasteiger partial charge in [0.25, 0.3) is 5.91 Å². The number of carbonyl (C=O) groups excluding carboxylic acids is 1. The molecule has 1 amide bonds. The molecule has 1 unspecified atom stereocenters. The molecule has 1 atom stereocenters. The molecule has 36 heavy (non-hydrogen) atoms. The highest BCUT2D eigenvalue weighted by atomic mass is 19.4. The number of carbonyl (C=O) groups is 1. The van der Waals surface area contributed by atoms with E-state index < -0.39 is 23.3 Å². The largest absolute Gasteiger partial charge is 0.417 e. The number of hydrogen-bond acceptors (Lipinski definition) is 5. The van der Waals surface area contributed by atoms with Crippen molar-refractivity contribution >= 4 is 11.6 Å². The van der Waals surface area contributed by atoms with Crippen LogP contribution in [0, 0.1) is 11.3 Å². The Balaban J connectivity index is 1.55. The molecular weight excluding hydrogens is 471 g/mol. The molecule has 4 rings (SSSR count). The topological polar surface area (TPSA) is 74.4 Å². The molecule has 7 nitrogen and oxygen atoms in total. The number of aryl methyl sites for hydroxylation is 1. The third-order valence-corrected chi connectivity index (χ3v) is 6.16. The molecule has 1 aliphatic rings. The van der Waals surface area contributed by atoms with Crippen molar-refractivity contribution in [3.63, 3.8) is 0 Å². The van der Waals surface area contributed by atoms with Crippen molar-refractivity contribution in [1.29, 1.82) is 5.26 Å². The Morgan fingerprint density at radius 3 is 2.64 bits per heavy atom. The molecule has 1 fully saturated rings. The SMILES string of the molecule is CCn1cc(C(=O)N2CCN(c3ccc(C#N)c(C(F)(F)F)c3)CC2COCc2ccccc2)cn1. The van der Waals surface area contributed by atoms with Crippen LogP contribution in [0.3, 0.4) is 0 Å². The van der Waals surface area contributed by atoms with Crippen molar-refractivity contribution in [3.8, 4) is 6.07 Å². The summed E-state index contributed by atoms with van der Waals surface area (Å²) in [6.07, 6.45) is -1.43. The third kappa shape index (κ3) is 5.69. The Hall–Kier alpha value is -3.84. The minimum absolute atomic E-state index is 0.196. The Bertz CT molecular complexity index is 1240. The van der Waals surface area contributed by atoms with Crippen LogP contribution in [0.1, 0.15) is 34.0 Å². The maximum atomic E-state index is 13.5. The highest BCUT2D eigenvalue weighted by Crippen LogP contribution is 2.35. The first-order valence-corrected chi connectivity index (χ1v) is 11.6. The van der Waals surface area contributed by atoms with Crippen molar-refractivity contribution in [1.82, 2.24) is 14.7 Å². The number of anilines is 1. The van der Waals surface area contributed by atoms with E-state index in [0.29, 0.717) is 37.5 Å². The number of amides is 1. The van der Waals surface area contributed by atoms with Gasteiger partial charge in [0.1, 0.15) is 0 Å². The molecule has 188 valence electrons. The van der Waals surface area contributed by atoms with E-state index in [9.17, 15) is 18.0 Å². The van der Waals surface area contributed by atoms with Gasteiger partial charge in [-0.25, -0.2) is 0 Å². The van der Waals surface area contributed by atoms with Crippen LogP contribution in [-0.2, 0) is 24.1 Å². The van der Waals surface area contributed by atoms with Gasteiger partial charge in [-0.3, -0.25) is 9.48 Å². The van der Waals surface area contributed by atoms with E-state index in [4.69, 9.17) is 10.00 Å². The molecule has 10 heteroatoms. The summed E-state index contributed by atoms with van der Waals surface area (Å²) in [5.74, 6) is -0.196. The molecule has 0 spiro atoms. The standard InChI is InChI=1S/C26H26F3N5O2/c1-2-33-15-21(14-31-33)25(35)34-11-10-32(16-23(34)18-36-17-19-6-4-3-5-7-19)22-9-8-20(13-30)24(12-22)26(27,28)29/h3-9,12,14-15,23H,2,10-11,16-18H2,1H3. The fourth-order valence-corrected chi connectivity index (χ4v) is 4.26. The summed E-state index contributed by atoms with van der Waals surface area (Å²) in [6.45, 7) is 4.04.